The van der Waals surface area contributed by atoms with E-state index >= 15 is 0 Å². The molecule has 0 aliphatic heterocycles. The number of hydrogen-bond acceptors (Lipinski definition) is 9. The molecule has 0 bridgehead atoms. The van der Waals surface area contributed by atoms with Crippen molar-refractivity contribution in [3.63, 3.8) is 0 Å². The Labute approximate surface area is 279 Å². The molecule has 1 atom stereocenters. The number of carboxylic acids is 1. The summed E-state index contributed by atoms with van der Waals surface area (Å²) in [4.78, 5) is 41.2. The molecule has 47 heavy (non-hydrogen) atoms. The molecule has 0 aliphatic rings. The first-order valence-electron chi connectivity index (χ1n) is 16.1. The van der Waals surface area contributed by atoms with Crippen molar-refractivity contribution in [2.75, 3.05) is 59.0 Å². The summed E-state index contributed by atoms with van der Waals surface area (Å²) in [6.45, 7) is 11.9. The molecule has 1 unspecified atom stereocenters. The van der Waals surface area contributed by atoms with Gasteiger partial charge in [0.05, 0.1) is 24.3 Å². The summed E-state index contributed by atoms with van der Waals surface area (Å²) in [5.74, 6) is -0.980. The third-order valence-corrected chi connectivity index (χ3v) is 8.87. The zero-order valence-electron chi connectivity index (χ0n) is 27.5. The monoisotopic (exact) mass is 668 g/mol. The molecule has 0 spiro atoms. The van der Waals surface area contributed by atoms with Gasteiger partial charge in [-0.05, 0) is 67.4 Å². The number of hydrogen-bond donors (Lipinski definition) is 5. The molecule has 3 aromatic carbocycles. The van der Waals surface area contributed by atoms with Gasteiger partial charge in [-0.15, -0.1) is 0 Å². The van der Waals surface area contributed by atoms with Gasteiger partial charge in [0.15, 0.2) is 0 Å². The van der Waals surface area contributed by atoms with Crippen molar-refractivity contribution in [3.8, 4) is 5.75 Å². The summed E-state index contributed by atoms with van der Waals surface area (Å²) < 4.78 is 6.70. The van der Waals surface area contributed by atoms with Crippen LogP contribution in [-0.4, -0.2) is 107 Å². The van der Waals surface area contributed by atoms with Crippen LogP contribution >= 0.6 is 11.3 Å². The second-order valence-corrected chi connectivity index (χ2v) is 12.1. The number of aliphatic hydroxyl groups excluding tert-OH is 1. The number of aromatic hydroxyl groups is 1. The Morgan fingerprint density at radius 1 is 0.936 bits per heavy atom. The first-order chi connectivity index (χ1) is 22.6. The number of aliphatic carboxylic acids is 1. The molecule has 0 fully saturated rings. The van der Waals surface area contributed by atoms with Crippen molar-refractivity contribution in [2.24, 2.45) is 0 Å². The van der Waals surface area contributed by atoms with E-state index in [0.717, 1.165) is 54.1 Å². The third kappa shape index (κ3) is 12.1. The Morgan fingerprint density at radius 2 is 1.66 bits per heavy atom. The highest BCUT2D eigenvalue weighted by molar-refractivity contribution is 7.16. The number of thiazole rings is 1. The largest absolute Gasteiger partial charge is 0.506 e. The van der Waals surface area contributed by atoms with E-state index < -0.39 is 12.1 Å². The fourth-order valence-electron chi connectivity index (χ4n) is 5.11. The first kappa shape index (κ1) is 37.6. The van der Waals surface area contributed by atoms with Crippen molar-refractivity contribution in [1.29, 1.82) is 0 Å². The van der Waals surface area contributed by atoms with Crippen molar-refractivity contribution in [1.82, 2.24) is 20.1 Å². The van der Waals surface area contributed by atoms with Gasteiger partial charge in [-0.1, -0.05) is 73.7 Å². The highest BCUT2D eigenvalue weighted by Crippen LogP contribution is 2.27. The van der Waals surface area contributed by atoms with Crippen molar-refractivity contribution >= 4 is 44.2 Å². The minimum Gasteiger partial charge on any atom is -0.506 e. The van der Waals surface area contributed by atoms with Crippen molar-refractivity contribution in [3.05, 3.63) is 75.4 Å². The van der Waals surface area contributed by atoms with Crippen molar-refractivity contribution < 1.29 is 29.6 Å². The summed E-state index contributed by atoms with van der Waals surface area (Å²) in [5, 5.41) is 31.7. The SMILES string of the molecule is CC(O)C(=O)O.CCN(CC)CCN(CCNCCc1ccc(O)c2[nH]c(=O)sc12)C(=O)CCOCCc1cccc2ccccc12. The number of ether oxygens (including phenoxy) is 1. The zero-order valence-corrected chi connectivity index (χ0v) is 28.4. The van der Waals surface area contributed by atoms with Gasteiger partial charge in [0.2, 0.25) is 5.91 Å². The van der Waals surface area contributed by atoms with Crippen LogP contribution in [-0.2, 0) is 27.2 Å². The van der Waals surface area contributed by atoms with Gasteiger partial charge in [0.1, 0.15) is 17.4 Å². The molecule has 11 nitrogen and oxygen atoms in total. The van der Waals surface area contributed by atoms with E-state index in [9.17, 15) is 19.5 Å². The molecule has 256 valence electrons. The maximum Gasteiger partial charge on any atom is 0.332 e. The lowest BCUT2D eigenvalue weighted by Gasteiger charge is -2.27. The number of likely N-dealkylation sites (N-methyl/N-ethyl adjacent to an activating group) is 1. The lowest BCUT2D eigenvalue weighted by Crippen LogP contribution is -2.42. The summed E-state index contributed by atoms with van der Waals surface area (Å²) in [6.07, 6.45) is 0.678. The Kier molecular flexibility index (Phi) is 15.8. The predicted octanol–water partition coefficient (Wildman–Crippen LogP) is 3.85. The molecule has 0 saturated heterocycles. The number of rotatable bonds is 18. The number of carbonyl (C=O) groups is 2. The van der Waals surface area contributed by atoms with Gasteiger partial charge < -0.3 is 40.2 Å². The average Bonchev–Trinajstić information content (AvgIpc) is 3.47. The molecule has 1 heterocycles. The molecule has 4 aromatic rings. The Hall–Kier alpha value is -3.81. The van der Waals surface area contributed by atoms with Crippen molar-refractivity contribution in [2.45, 2.75) is 46.1 Å². The van der Waals surface area contributed by atoms with Gasteiger partial charge in [-0.3, -0.25) is 9.59 Å². The number of H-pyrrole nitrogens is 1. The molecule has 5 N–H and O–H groups in total. The molecular formula is C35H48N4O7S. The number of aromatic amines is 1. The number of nitrogens with one attached hydrogen (secondary N) is 2. The Bertz CT molecular complexity index is 1610. The number of carbonyl (C=O) groups excluding carboxylic acids is 1. The molecule has 1 aromatic heterocycles. The van der Waals surface area contributed by atoms with E-state index in [1.54, 1.807) is 6.07 Å². The Balaban J connectivity index is 0.000000913. The van der Waals surface area contributed by atoms with Crippen LogP contribution in [0.1, 0.15) is 38.3 Å². The second-order valence-electron chi connectivity index (χ2n) is 11.1. The van der Waals surface area contributed by atoms with E-state index in [4.69, 9.17) is 14.9 Å². The van der Waals surface area contributed by atoms with Crippen LogP contribution in [0.2, 0.25) is 0 Å². The predicted molar refractivity (Wildman–Crippen MR) is 187 cm³/mol. The van der Waals surface area contributed by atoms with Gasteiger partial charge in [0, 0.05) is 26.2 Å². The maximum absolute atomic E-state index is 13.2. The highest BCUT2D eigenvalue weighted by atomic mass is 32.1. The minimum atomic E-state index is -1.23. The second kappa shape index (κ2) is 19.8. The van der Waals surface area contributed by atoms with Crippen LogP contribution in [0.25, 0.3) is 21.0 Å². The minimum absolute atomic E-state index is 0.0926. The molecule has 0 aliphatic carbocycles. The molecule has 4 rings (SSSR count). The number of amides is 1. The lowest BCUT2D eigenvalue weighted by atomic mass is 10.0. The number of nitrogens with zero attached hydrogens (tertiary/aromatic N) is 2. The van der Waals surface area contributed by atoms with Crippen LogP contribution < -0.4 is 10.2 Å². The highest BCUT2D eigenvalue weighted by Gasteiger charge is 2.15. The average molecular weight is 669 g/mol. The fraction of sp³-hybridized carbons (Fsp3) is 0.457. The number of fused-ring (bicyclic) bond motifs is 2. The molecule has 1 amide bonds. The van der Waals surface area contributed by atoms with Gasteiger partial charge >= 0.3 is 10.8 Å². The van der Waals surface area contributed by atoms with Crippen LogP contribution in [0.4, 0.5) is 0 Å². The Morgan fingerprint density at radius 3 is 2.38 bits per heavy atom. The smallest absolute Gasteiger partial charge is 0.332 e. The third-order valence-electron chi connectivity index (χ3n) is 7.92. The molecule has 12 heteroatoms. The lowest BCUT2D eigenvalue weighted by molar-refractivity contribution is -0.145. The first-order valence-corrected chi connectivity index (χ1v) is 17.0. The van der Waals surface area contributed by atoms with E-state index in [1.807, 2.05) is 11.0 Å². The standard InChI is InChI=1S/C32H42N4O4S.C3H6O3/c1-3-35(4-2)20-21-36(19-18-33-17-14-26-12-13-28(37)30-31(26)41-32(39)34-30)29(38)16-23-40-22-15-25-10-7-9-24-8-5-6-11-27(24)25;1-2(4)3(5)6/h5-13,33,37H,3-4,14-23H2,1-2H3,(H,34,39);2,4H,1H3,(H,5,6). The number of phenolic OH excluding ortho intramolecular Hbond substituents is 1. The quantitative estimate of drug-likeness (QED) is 0.0995. The van der Waals surface area contributed by atoms with Crippen LogP contribution in [0.3, 0.4) is 0 Å². The number of carboxylic acid groups (broad SMARTS) is 1. The summed E-state index contributed by atoms with van der Waals surface area (Å²) >= 11 is 1.12. The summed E-state index contributed by atoms with van der Waals surface area (Å²) in [5.41, 5.74) is 2.79. The molecular weight excluding hydrogens is 620 g/mol. The normalized spacial score (nSPS) is 11.9. The zero-order chi connectivity index (χ0) is 34.2. The number of aliphatic hydroxyl groups is 1. The van der Waals surface area contributed by atoms with E-state index in [1.165, 1.54) is 23.3 Å². The van der Waals surface area contributed by atoms with E-state index in [-0.39, 0.29) is 16.5 Å². The van der Waals surface area contributed by atoms with E-state index in [2.05, 4.69) is 71.5 Å². The van der Waals surface area contributed by atoms with Crippen LogP contribution in [0.15, 0.2) is 59.4 Å². The molecule has 0 radical (unpaired) electrons. The number of phenols is 1. The van der Waals surface area contributed by atoms with Gasteiger partial charge in [-0.25, -0.2) is 4.79 Å². The van der Waals surface area contributed by atoms with Gasteiger partial charge in [0.25, 0.3) is 0 Å². The fourth-order valence-corrected chi connectivity index (χ4v) is 6.00. The van der Waals surface area contributed by atoms with E-state index in [0.29, 0.717) is 51.3 Å². The summed E-state index contributed by atoms with van der Waals surface area (Å²) in [7, 11) is 0. The summed E-state index contributed by atoms with van der Waals surface area (Å²) in [6, 6.07) is 18.2. The van der Waals surface area contributed by atoms with Gasteiger partial charge in [-0.2, -0.15) is 0 Å². The number of aromatic nitrogens is 1. The number of benzene rings is 3. The maximum atomic E-state index is 13.2. The topological polar surface area (TPSA) is 155 Å². The molecule has 0 saturated carbocycles. The van der Waals surface area contributed by atoms with Crippen LogP contribution in [0.5, 0.6) is 5.75 Å². The van der Waals surface area contributed by atoms with Crippen LogP contribution in [0, 0.1) is 0 Å².